The highest BCUT2D eigenvalue weighted by Crippen LogP contribution is 2.20. The van der Waals surface area contributed by atoms with Gasteiger partial charge in [-0.3, -0.25) is 4.79 Å². The molecule has 0 radical (unpaired) electrons. The maximum atomic E-state index is 10.9. The van der Waals surface area contributed by atoms with Crippen LogP contribution in [0.25, 0.3) is 10.9 Å². The van der Waals surface area contributed by atoms with Crippen molar-refractivity contribution in [3.8, 4) is 0 Å². The minimum atomic E-state index is 0.701. The normalized spacial score (nSPS) is 11.2. The molecule has 2 heteroatoms. The first-order valence-corrected chi connectivity index (χ1v) is 5.75. The van der Waals surface area contributed by atoms with Crippen molar-refractivity contribution < 1.29 is 4.79 Å². The van der Waals surface area contributed by atoms with E-state index in [4.69, 9.17) is 0 Å². The average Bonchev–Trinajstić information content (AvgIpc) is 2.69. The number of aryl methyl sites for hydroxylation is 1. The van der Waals surface area contributed by atoms with Gasteiger partial charge in [0, 0.05) is 29.2 Å². The third-order valence-corrected chi connectivity index (χ3v) is 2.92. The zero-order valence-corrected chi connectivity index (χ0v) is 9.81. The van der Waals surface area contributed by atoms with Crippen LogP contribution in [0, 0.1) is 5.92 Å². The summed E-state index contributed by atoms with van der Waals surface area (Å²) in [5.41, 5.74) is 1.94. The molecule has 1 aromatic carbocycles. The zero-order chi connectivity index (χ0) is 11.5. The van der Waals surface area contributed by atoms with Gasteiger partial charge in [0.2, 0.25) is 0 Å². The van der Waals surface area contributed by atoms with Gasteiger partial charge in [0.05, 0.1) is 0 Å². The lowest BCUT2D eigenvalue weighted by Crippen LogP contribution is -1.99. The highest BCUT2D eigenvalue weighted by molar-refractivity contribution is 5.97. The van der Waals surface area contributed by atoms with Crippen LogP contribution in [-0.2, 0) is 6.54 Å². The molecule has 0 saturated heterocycles. The molecule has 0 N–H and O–H groups in total. The molecule has 0 saturated carbocycles. The van der Waals surface area contributed by atoms with E-state index in [1.54, 1.807) is 0 Å². The fourth-order valence-corrected chi connectivity index (χ4v) is 1.94. The van der Waals surface area contributed by atoms with Crippen molar-refractivity contribution in [2.45, 2.75) is 26.8 Å². The summed E-state index contributed by atoms with van der Waals surface area (Å²) in [4.78, 5) is 10.9. The van der Waals surface area contributed by atoms with Crippen LogP contribution in [0.2, 0.25) is 0 Å². The smallest absolute Gasteiger partial charge is 0.150 e. The summed E-state index contributed by atoms with van der Waals surface area (Å²) in [7, 11) is 0. The molecule has 0 unspecified atom stereocenters. The Bertz CT molecular complexity index is 496. The highest BCUT2D eigenvalue weighted by atomic mass is 16.1. The predicted molar refractivity (Wildman–Crippen MR) is 66.8 cm³/mol. The van der Waals surface area contributed by atoms with E-state index < -0.39 is 0 Å². The molecule has 2 rings (SSSR count). The Morgan fingerprint density at radius 3 is 2.81 bits per heavy atom. The summed E-state index contributed by atoms with van der Waals surface area (Å²) < 4.78 is 2.22. The monoisotopic (exact) mass is 215 g/mol. The summed E-state index contributed by atoms with van der Waals surface area (Å²) in [5, 5.41) is 1.06. The first-order valence-electron chi connectivity index (χ1n) is 5.75. The molecule has 0 spiro atoms. The molecule has 1 aromatic heterocycles. The van der Waals surface area contributed by atoms with E-state index >= 15 is 0 Å². The fraction of sp³-hybridized carbons (Fsp3) is 0.357. The predicted octanol–water partition coefficient (Wildman–Crippen LogP) is 3.50. The van der Waals surface area contributed by atoms with Gasteiger partial charge >= 0.3 is 0 Å². The lowest BCUT2D eigenvalue weighted by atomic mass is 10.1. The van der Waals surface area contributed by atoms with Crippen molar-refractivity contribution in [1.82, 2.24) is 4.57 Å². The number of aromatic nitrogens is 1. The maximum Gasteiger partial charge on any atom is 0.150 e. The van der Waals surface area contributed by atoms with Gasteiger partial charge in [-0.15, -0.1) is 0 Å². The Morgan fingerprint density at radius 2 is 2.12 bits per heavy atom. The third kappa shape index (κ3) is 2.01. The van der Waals surface area contributed by atoms with Crippen LogP contribution in [0.15, 0.2) is 30.5 Å². The van der Waals surface area contributed by atoms with Gasteiger partial charge in [-0.25, -0.2) is 0 Å². The molecule has 2 aromatic rings. The van der Waals surface area contributed by atoms with Crippen molar-refractivity contribution in [3.05, 3.63) is 36.0 Å². The Hall–Kier alpha value is -1.57. The standard InChI is InChI=1S/C14H17NO/c1-11(2)6-8-15-9-7-13-12(10-16)4-3-5-14(13)15/h3-5,7,9-11H,6,8H2,1-2H3. The van der Waals surface area contributed by atoms with E-state index in [1.165, 1.54) is 0 Å². The van der Waals surface area contributed by atoms with Crippen LogP contribution in [0.5, 0.6) is 0 Å². The van der Waals surface area contributed by atoms with Crippen LogP contribution in [0.1, 0.15) is 30.6 Å². The van der Waals surface area contributed by atoms with Gasteiger partial charge in [0.1, 0.15) is 0 Å². The van der Waals surface area contributed by atoms with Gasteiger partial charge in [0.15, 0.2) is 6.29 Å². The number of fused-ring (bicyclic) bond motifs is 1. The second kappa shape index (κ2) is 4.52. The molecule has 0 aliphatic heterocycles. The minimum absolute atomic E-state index is 0.701. The van der Waals surface area contributed by atoms with Crippen molar-refractivity contribution in [2.75, 3.05) is 0 Å². The molecule has 1 heterocycles. The van der Waals surface area contributed by atoms with Crippen molar-refractivity contribution in [2.24, 2.45) is 5.92 Å². The van der Waals surface area contributed by atoms with E-state index in [0.717, 1.165) is 35.7 Å². The molecule has 2 nitrogen and oxygen atoms in total. The Kier molecular flexibility index (Phi) is 3.09. The third-order valence-electron chi connectivity index (χ3n) is 2.92. The lowest BCUT2D eigenvalue weighted by molar-refractivity contribution is 0.112. The molecule has 0 aliphatic carbocycles. The van der Waals surface area contributed by atoms with Crippen LogP contribution in [-0.4, -0.2) is 10.9 Å². The number of nitrogens with zero attached hydrogens (tertiary/aromatic N) is 1. The number of hydrogen-bond acceptors (Lipinski definition) is 1. The Morgan fingerprint density at radius 1 is 1.31 bits per heavy atom. The van der Waals surface area contributed by atoms with Crippen LogP contribution in [0.4, 0.5) is 0 Å². The number of carbonyl (C=O) groups excluding carboxylic acids is 1. The van der Waals surface area contributed by atoms with E-state index in [1.807, 2.05) is 18.2 Å². The first-order chi connectivity index (χ1) is 7.72. The van der Waals surface area contributed by atoms with E-state index in [-0.39, 0.29) is 0 Å². The molecule has 0 aliphatic rings. The zero-order valence-electron chi connectivity index (χ0n) is 9.81. The Balaban J connectivity index is 2.37. The van der Waals surface area contributed by atoms with E-state index in [0.29, 0.717) is 5.92 Å². The summed E-state index contributed by atoms with van der Waals surface area (Å²) in [5.74, 6) is 0.701. The summed E-state index contributed by atoms with van der Waals surface area (Å²) in [6.45, 7) is 5.47. The Labute approximate surface area is 95.9 Å². The highest BCUT2D eigenvalue weighted by Gasteiger charge is 2.04. The van der Waals surface area contributed by atoms with Gasteiger partial charge < -0.3 is 4.57 Å². The minimum Gasteiger partial charge on any atom is -0.347 e. The quantitative estimate of drug-likeness (QED) is 0.715. The van der Waals surface area contributed by atoms with Crippen molar-refractivity contribution >= 4 is 17.2 Å². The second-order valence-electron chi connectivity index (χ2n) is 4.59. The molecule has 0 atom stereocenters. The number of hydrogen-bond donors (Lipinski definition) is 0. The number of aldehydes is 1. The molecule has 0 fully saturated rings. The van der Waals surface area contributed by atoms with Crippen molar-refractivity contribution in [1.29, 1.82) is 0 Å². The van der Waals surface area contributed by atoms with Gasteiger partial charge in [-0.1, -0.05) is 26.0 Å². The molecule has 16 heavy (non-hydrogen) atoms. The average molecular weight is 215 g/mol. The largest absolute Gasteiger partial charge is 0.347 e. The summed E-state index contributed by atoms with van der Waals surface area (Å²) >= 11 is 0. The summed E-state index contributed by atoms with van der Waals surface area (Å²) in [6.07, 6.45) is 4.16. The number of carbonyl (C=O) groups is 1. The molecule has 0 bridgehead atoms. The molecular formula is C14H17NO. The van der Waals surface area contributed by atoms with Gasteiger partial charge in [-0.05, 0) is 24.5 Å². The fourth-order valence-electron chi connectivity index (χ4n) is 1.94. The van der Waals surface area contributed by atoms with E-state index in [2.05, 4.69) is 30.7 Å². The van der Waals surface area contributed by atoms with E-state index in [9.17, 15) is 4.79 Å². The summed E-state index contributed by atoms with van der Waals surface area (Å²) in [6, 6.07) is 7.90. The van der Waals surface area contributed by atoms with Crippen LogP contribution >= 0.6 is 0 Å². The lowest BCUT2D eigenvalue weighted by Gasteiger charge is -2.07. The van der Waals surface area contributed by atoms with Crippen molar-refractivity contribution in [3.63, 3.8) is 0 Å². The van der Waals surface area contributed by atoms with Gasteiger partial charge in [0.25, 0.3) is 0 Å². The molecular weight excluding hydrogens is 198 g/mol. The van der Waals surface area contributed by atoms with Crippen LogP contribution < -0.4 is 0 Å². The number of rotatable bonds is 4. The second-order valence-corrected chi connectivity index (χ2v) is 4.59. The molecule has 84 valence electrons. The number of benzene rings is 1. The SMILES string of the molecule is CC(C)CCn1ccc2c(C=O)cccc21. The molecule has 0 amide bonds. The first kappa shape index (κ1) is 10.9. The topological polar surface area (TPSA) is 22.0 Å². The van der Waals surface area contributed by atoms with Crippen LogP contribution in [0.3, 0.4) is 0 Å². The maximum absolute atomic E-state index is 10.9. The van der Waals surface area contributed by atoms with Gasteiger partial charge in [-0.2, -0.15) is 0 Å².